The maximum absolute atomic E-state index is 5.47. The van der Waals surface area contributed by atoms with Crippen LogP contribution in [0.1, 0.15) is 33.6 Å². The van der Waals surface area contributed by atoms with E-state index < -0.39 is 0 Å². The highest BCUT2D eigenvalue weighted by Gasteiger charge is 2.36. The van der Waals surface area contributed by atoms with Crippen molar-refractivity contribution >= 4 is 0 Å². The van der Waals surface area contributed by atoms with Crippen LogP contribution in [-0.2, 0) is 4.74 Å². The molecule has 0 aromatic heterocycles. The average molecular weight is 183 g/mol. The Morgan fingerprint density at radius 3 is 2.62 bits per heavy atom. The molecule has 2 unspecified atom stereocenters. The van der Waals surface area contributed by atoms with E-state index in [1.807, 2.05) is 0 Å². The molecule has 1 aliphatic heterocycles. The number of hydrogen-bond donors (Lipinski definition) is 0. The molecule has 1 fully saturated rings. The Hall–Kier alpha value is -0.500. The third kappa shape index (κ3) is 2.25. The van der Waals surface area contributed by atoms with Gasteiger partial charge in [0.2, 0.25) is 0 Å². The third-order valence-corrected chi connectivity index (χ3v) is 3.24. The van der Waals surface area contributed by atoms with Crippen molar-refractivity contribution in [1.82, 2.24) is 4.90 Å². The van der Waals surface area contributed by atoms with E-state index in [2.05, 4.69) is 39.3 Å². The highest BCUT2D eigenvalue weighted by molar-refractivity contribution is 4.92. The van der Waals surface area contributed by atoms with E-state index in [0.29, 0.717) is 12.1 Å². The van der Waals surface area contributed by atoms with E-state index in [1.165, 1.54) is 0 Å². The summed E-state index contributed by atoms with van der Waals surface area (Å²) in [5, 5.41) is 0. The summed E-state index contributed by atoms with van der Waals surface area (Å²) >= 11 is 0. The Morgan fingerprint density at radius 2 is 2.15 bits per heavy atom. The molecule has 0 saturated carbocycles. The molecule has 13 heavy (non-hydrogen) atoms. The molecular formula is C11H21NO. The number of ether oxygens (including phenoxy) is 1. The van der Waals surface area contributed by atoms with Gasteiger partial charge < -0.3 is 4.74 Å². The Kier molecular flexibility index (Phi) is 3.01. The van der Waals surface area contributed by atoms with Crippen LogP contribution in [0, 0.1) is 0 Å². The zero-order valence-electron chi connectivity index (χ0n) is 9.21. The summed E-state index contributed by atoms with van der Waals surface area (Å²) in [7, 11) is 2.19. The summed E-state index contributed by atoms with van der Waals surface area (Å²) in [4.78, 5) is 2.43. The van der Waals surface area contributed by atoms with Crippen molar-refractivity contribution in [1.29, 1.82) is 0 Å². The number of likely N-dealkylation sites (tertiary alicyclic amines) is 1. The summed E-state index contributed by atoms with van der Waals surface area (Å²) in [6.45, 7) is 10.4. The fraction of sp³-hybridized carbons (Fsp3) is 0.818. The molecule has 0 radical (unpaired) electrons. The zero-order valence-corrected chi connectivity index (χ0v) is 9.21. The second kappa shape index (κ2) is 3.70. The summed E-state index contributed by atoms with van der Waals surface area (Å²) in [5.41, 5.74) is 0.241. The van der Waals surface area contributed by atoms with Crippen LogP contribution < -0.4 is 0 Å². The highest BCUT2D eigenvalue weighted by atomic mass is 16.5. The second-order valence-electron chi connectivity index (χ2n) is 4.64. The first kappa shape index (κ1) is 10.6. The van der Waals surface area contributed by atoms with Crippen molar-refractivity contribution in [3.05, 3.63) is 12.8 Å². The monoisotopic (exact) mass is 183 g/mol. The van der Waals surface area contributed by atoms with Gasteiger partial charge >= 0.3 is 0 Å². The molecule has 0 aromatic rings. The van der Waals surface area contributed by atoms with Crippen LogP contribution in [0.5, 0.6) is 0 Å². The van der Waals surface area contributed by atoms with Crippen LogP contribution in [-0.4, -0.2) is 29.6 Å². The number of piperidine rings is 1. The van der Waals surface area contributed by atoms with E-state index in [1.54, 1.807) is 6.26 Å². The SMILES string of the molecule is C=COC1CC(C)N(C)C(C)(C)C1. The van der Waals surface area contributed by atoms with Crippen molar-refractivity contribution in [2.45, 2.75) is 51.3 Å². The largest absolute Gasteiger partial charge is 0.499 e. The molecule has 1 rings (SSSR count). The molecule has 1 saturated heterocycles. The standard InChI is InChI=1S/C11H21NO/c1-6-13-10-7-9(2)12(5)11(3,4)8-10/h6,9-10H,1,7-8H2,2-5H3. The third-order valence-electron chi connectivity index (χ3n) is 3.24. The first-order valence-corrected chi connectivity index (χ1v) is 4.96. The lowest BCUT2D eigenvalue weighted by Crippen LogP contribution is -2.53. The molecule has 76 valence electrons. The van der Waals surface area contributed by atoms with Gasteiger partial charge in [0.15, 0.2) is 0 Å². The van der Waals surface area contributed by atoms with Gasteiger partial charge in [0, 0.05) is 18.0 Å². The van der Waals surface area contributed by atoms with Gasteiger partial charge in [-0.15, -0.1) is 0 Å². The lowest BCUT2D eigenvalue weighted by Gasteiger charge is -2.47. The minimum atomic E-state index is 0.241. The second-order valence-corrected chi connectivity index (χ2v) is 4.64. The van der Waals surface area contributed by atoms with Crippen LogP contribution in [0.3, 0.4) is 0 Å². The molecule has 0 aliphatic carbocycles. The van der Waals surface area contributed by atoms with Gasteiger partial charge in [-0.3, -0.25) is 4.90 Å². The maximum atomic E-state index is 5.47. The van der Waals surface area contributed by atoms with Crippen molar-refractivity contribution in [2.75, 3.05) is 7.05 Å². The molecule has 0 spiro atoms. The summed E-state index contributed by atoms with van der Waals surface area (Å²) in [6, 6.07) is 0.591. The van der Waals surface area contributed by atoms with Crippen molar-refractivity contribution in [3.63, 3.8) is 0 Å². The maximum Gasteiger partial charge on any atom is 0.101 e. The fourth-order valence-electron chi connectivity index (χ4n) is 2.16. The van der Waals surface area contributed by atoms with E-state index in [0.717, 1.165) is 12.8 Å². The van der Waals surface area contributed by atoms with Crippen molar-refractivity contribution in [3.8, 4) is 0 Å². The fourth-order valence-corrected chi connectivity index (χ4v) is 2.16. The van der Waals surface area contributed by atoms with E-state index in [4.69, 9.17) is 4.74 Å². The quantitative estimate of drug-likeness (QED) is 0.610. The number of hydrogen-bond acceptors (Lipinski definition) is 2. The van der Waals surface area contributed by atoms with Gasteiger partial charge in [-0.25, -0.2) is 0 Å². The molecule has 0 bridgehead atoms. The predicted molar refractivity (Wildman–Crippen MR) is 55.6 cm³/mol. The van der Waals surface area contributed by atoms with Crippen molar-refractivity contribution < 1.29 is 4.74 Å². The molecule has 0 aromatic carbocycles. The van der Waals surface area contributed by atoms with Gasteiger partial charge in [0.05, 0.1) is 6.26 Å². The topological polar surface area (TPSA) is 12.5 Å². The molecule has 2 atom stereocenters. The molecule has 2 nitrogen and oxygen atoms in total. The number of nitrogens with zero attached hydrogens (tertiary/aromatic N) is 1. The first-order chi connectivity index (χ1) is 5.97. The molecule has 2 heteroatoms. The number of rotatable bonds is 2. The van der Waals surface area contributed by atoms with Gasteiger partial charge in [-0.05, 0) is 34.2 Å². The molecule has 1 heterocycles. The minimum absolute atomic E-state index is 0.241. The van der Waals surface area contributed by atoms with Crippen LogP contribution >= 0.6 is 0 Å². The molecule has 0 amide bonds. The van der Waals surface area contributed by atoms with Gasteiger partial charge in [-0.1, -0.05) is 6.58 Å². The Morgan fingerprint density at radius 1 is 1.54 bits per heavy atom. The molecular weight excluding hydrogens is 162 g/mol. The van der Waals surface area contributed by atoms with Crippen molar-refractivity contribution in [2.24, 2.45) is 0 Å². The smallest absolute Gasteiger partial charge is 0.101 e. The summed E-state index contributed by atoms with van der Waals surface area (Å²) in [5.74, 6) is 0. The van der Waals surface area contributed by atoms with Gasteiger partial charge in [-0.2, -0.15) is 0 Å². The minimum Gasteiger partial charge on any atom is -0.499 e. The van der Waals surface area contributed by atoms with E-state index >= 15 is 0 Å². The predicted octanol–water partition coefficient (Wildman–Crippen LogP) is 2.41. The Bertz CT molecular complexity index is 189. The van der Waals surface area contributed by atoms with E-state index in [9.17, 15) is 0 Å². The normalized spacial score (nSPS) is 34.2. The zero-order chi connectivity index (χ0) is 10.1. The average Bonchev–Trinajstić information content (AvgIpc) is 2.00. The lowest BCUT2D eigenvalue weighted by atomic mass is 9.85. The molecule has 0 N–H and O–H groups in total. The summed E-state index contributed by atoms with van der Waals surface area (Å²) in [6.07, 6.45) is 4.10. The van der Waals surface area contributed by atoms with Crippen LogP contribution in [0.15, 0.2) is 12.8 Å². The Balaban J connectivity index is 2.64. The summed E-state index contributed by atoms with van der Waals surface area (Å²) < 4.78 is 5.47. The first-order valence-electron chi connectivity index (χ1n) is 4.96. The Labute approximate surface area is 81.6 Å². The van der Waals surface area contributed by atoms with E-state index in [-0.39, 0.29) is 5.54 Å². The van der Waals surface area contributed by atoms with Crippen LogP contribution in [0.25, 0.3) is 0 Å². The lowest BCUT2D eigenvalue weighted by molar-refractivity contribution is -0.0254. The van der Waals surface area contributed by atoms with Crippen LogP contribution in [0.2, 0.25) is 0 Å². The molecule has 1 aliphatic rings. The highest BCUT2D eigenvalue weighted by Crippen LogP contribution is 2.31. The van der Waals surface area contributed by atoms with Crippen LogP contribution in [0.4, 0.5) is 0 Å². The van der Waals surface area contributed by atoms with Gasteiger partial charge in [0.25, 0.3) is 0 Å². The van der Waals surface area contributed by atoms with Gasteiger partial charge in [0.1, 0.15) is 6.10 Å².